The molecule has 0 aliphatic carbocycles. The van der Waals surface area contributed by atoms with Crippen LogP contribution in [0.5, 0.6) is 0 Å². The molecule has 2 heterocycles. The first kappa shape index (κ1) is 19.1. The van der Waals surface area contributed by atoms with Gasteiger partial charge in [-0.25, -0.2) is 4.98 Å². The number of anilines is 1. The number of nitrogens with two attached hydrogens (primary N) is 1. The Hall–Kier alpha value is -0.890. The van der Waals surface area contributed by atoms with E-state index >= 15 is 0 Å². The van der Waals surface area contributed by atoms with Gasteiger partial charge in [0.1, 0.15) is 5.69 Å². The first-order chi connectivity index (χ1) is 8.61. The molecule has 1 fully saturated rings. The van der Waals surface area contributed by atoms with Crippen LogP contribution in [0.25, 0.3) is 0 Å². The largest absolute Gasteiger partial charge is 0.333 e. The van der Waals surface area contributed by atoms with E-state index in [0.29, 0.717) is 17.4 Å². The molecule has 9 heteroatoms. The summed E-state index contributed by atoms with van der Waals surface area (Å²) in [6, 6.07) is 0.114. The quantitative estimate of drug-likeness (QED) is 0.872. The Kier molecular flexibility index (Phi) is 8.03. The Morgan fingerprint density at radius 3 is 2.85 bits per heavy atom. The first-order valence-corrected chi connectivity index (χ1v) is 6.74. The molecule has 1 saturated heterocycles. The summed E-state index contributed by atoms with van der Waals surface area (Å²) in [4.78, 5) is 29.0. The summed E-state index contributed by atoms with van der Waals surface area (Å²) in [5.74, 6) is -0.292. The average Bonchev–Trinajstić information content (AvgIpc) is 2.95. The van der Waals surface area contributed by atoms with Crippen LogP contribution in [0.3, 0.4) is 0 Å². The van der Waals surface area contributed by atoms with E-state index in [9.17, 15) is 9.59 Å². The molecule has 2 rings (SSSR count). The van der Waals surface area contributed by atoms with Gasteiger partial charge in [0.2, 0.25) is 5.91 Å². The minimum absolute atomic E-state index is 0. The Morgan fingerprint density at radius 1 is 1.55 bits per heavy atom. The zero-order chi connectivity index (χ0) is 13.1. The summed E-state index contributed by atoms with van der Waals surface area (Å²) in [6.07, 6.45) is 1.93. The second-order valence-electron chi connectivity index (χ2n) is 4.25. The lowest BCUT2D eigenvalue weighted by atomic mass is 10.2. The summed E-state index contributed by atoms with van der Waals surface area (Å²) < 4.78 is 0. The van der Waals surface area contributed by atoms with Gasteiger partial charge in [-0.2, -0.15) is 0 Å². The molecule has 0 aromatic carbocycles. The van der Waals surface area contributed by atoms with Gasteiger partial charge in [-0.3, -0.25) is 9.59 Å². The highest BCUT2D eigenvalue weighted by atomic mass is 35.5. The normalized spacial score (nSPS) is 17.1. The second kappa shape index (κ2) is 8.41. The smallest absolute Gasteiger partial charge is 0.273 e. The highest BCUT2D eigenvalue weighted by Gasteiger charge is 2.29. The standard InChI is InChI=1S/C11H16N4O2S.2ClH/c1-7(16)13-11-14-9(6-18-11)10(17)15-4-2-3-8(15)5-12;;/h6,8H,2-5,12H2,1H3,(H,13,14,16);2*1H. The molecule has 114 valence electrons. The van der Waals surface area contributed by atoms with Crippen molar-refractivity contribution in [3.05, 3.63) is 11.1 Å². The number of aromatic nitrogens is 1. The maximum absolute atomic E-state index is 12.2. The fraction of sp³-hybridized carbons (Fsp3) is 0.545. The minimum atomic E-state index is -0.190. The Morgan fingerprint density at radius 2 is 2.25 bits per heavy atom. The summed E-state index contributed by atoms with van der Waals surface area (Å²) in [5.41, 5.74) is 6.02. The molecule has 2 amide bonds. The van der Waals surface area contributed by atoms with Crippen LogP contribution in [0.1, 0.15) is 30.3 Å². The van der Waals surface area contributed by atoms with Gasteiger partial charge >= 0.3 is 0 Å². The average molecular weight is 341 g/mol. The number of likely N-dealkylation sites (tertiary alicyclic amines) is 1. The van der Waals surface area contributed by atoms with Crippen LogP contribution in [0.15, 0.2) is 5.38 Å². The monoisotopic (exact) mass is 340 g/mol. The highest BCUT2D eigenvalue weighted by Crippen LogP contribution is 2.22. The minimum Gasteiger partial charge on any atom is -0.333 e. The number of carbonyl (C=O) groups is 2. The lowest BCUT2D eigenvalue weighted by Crippen LogP contribution is -2.40. The van der Waals surface area contributed by atoms with Gasteiger partial charge in [-0.1, -0.05) is 0 Å². The number of thiazole rings is 1. The highest BCUT2D eigenvalue weighted by molar-refractivity contribution is 7.14. The van der Waals surface area contributed by atoms with Crippen LogP contribution in [-0.4, -0.2) is 40.8 Å². The zero-order valence-electron chi connectivity index (χ0n) is 11.0. The van der Waals surface area contributed by atoms with Crippen molar-refractivity contribution in [2.45, 2.75) is 25.8 Å². The van der Waals surface area contributed by atoms with E-state index in [1.54, 1.807) is 10.3 Å². The molecule has 1 aromatic heterocycles. The molecule has 3 N–H and O–H groups in total. The Bertz CT molecular complexity index is 469. The fourth-order valence-electron chi connectivity index (χ4n) is 2.08. The molecule has 0 radical (unpaired) electrons. The maximum Gasteiger partial charge on any atom is 0.273 e. The number of nitrogens with one attached hydrogen (secondary N) is 1. The summed E-state index contributed by atoms with van der Waals surface area (Å²) in [6.45, 7) is 2.62. The van der Waals surface area contributed by atoms with E-state index in [1.165, 1.54) is 18.3 Å². The van der Waals surface area contributed by atoms with Gasteiger partial charge in [0.05, 0.1) is 0 Å². The van der Waals surface area contributed by atoms with E-state index in [0.717, 1.165) is 19.4 Å². The summed E-state index contributed by atoms with van der Waals surface area (Å²) in [7, 11) is 0. The van der Waals surface area contributed by atoms with Gasteiger partial charge in [0.15, 0.2) is 5.13 Å². The maximum atomic E-state index is 12.2. The molecule has 0 saturated carbocycles. The molecule has 1 aliphatic heterocycles. The van der Waals surface area contributed by atoms with Gasteiger partial charge in [0.25, 0.3) is 5.91 Å². The fourth-order valence-corrected chi connectivity index (χ4v) is 2.81. The predicted molar refractivity (Wildman–Crippen MR) is 84.0 cm³/mol. The number of amides is 2. The molecule has 1 aliphatic rings. The van der Waals surface area contributed by atoms with Crippen LogP contribution >= 0.6 is 36.2 Å². The third-order valence-corrected chi connectivity index (χ3v) is 3.67. The molecule has 1 aromatic rings. The predicted octanol–water partition coefficient (Wildman–Crippen LogP) is 1.51. The van der Waals surface area contributed by atoms with E-state index in [4.69, 9.17) is 5.73 Å². The van der Waals surface area contributed by atoms with Crippen molar-refractivity contribution >= 4 is 53.1 Å². The molecule has 0 spiro atoms. The van der Waals surface area contributed by atoms with Gasteiger partial charge in [0, 0.05) is 31.4 Å². The number of hydrogen-bond acceptors (Lipinski definition) is 5. The number of carbonyl (C=O) groups excluding carboxylic acids is 2. The van der Waals surface area contributed by atoms with Crippen molar-refractivity contribution in [2.24, 2.45) is 5.73 Å². The van der Waals surface area contributed by atoms with Crippen LogP contribution < -0.4 is 11.1 Å². The van der Waals surface area contributed by atoms with E-state index in [-0.39, 0.29) is 42.7 Å². The summed E-state index contributed by atoms with van der Waals surface area (Å²) in [5, 5.41) is 4.69. The van der Waals surface area contributed by atoms with Crippen LogP contribution in [-0.2, 0) is 4.79 Å². The Balaban J connectivity index is 0.00000180. The lowest BCUT2D eigenvalue weighted by molar-refractivity contribution is -0.114. The van der Waals surface area contributed by atoms with Gasteiger partial charge < -0.3 is 16.0 Å². The molecular formula is C11H18Cl2N4O2S. The summed E-state index contributed by atoms with van der Waals surface area (Å²) >= 11 is 1.25. The first-order valence-electron chi connectivity index (χ1n) is 5.86. The topological polar surface area (TPSA) is 88.3 Å². The van der Waals surface area contributed by atoms with Crippen LogP contribution in [0.2, 0.25) is 0 Å². The third kappa shape index (κ3) is 4.31. The SMILES string of the molecule is CC(=O)Nc1nc(C(=O)N2CCCC2CN)cs1.Cl.Cl. The lowest BCUT2D eigenvalue weighted by Gasteiger charge is -2.22. The van der Waals surface area contributed by atoms with Crippen molar-refractivity contribution in [1.82, 2.24) is 9.88 Å². The van der Waals surface area contributed by atoms with E-state index in [1.807, 2.05) is 0 Å². The molecule has 6 nitrogen and oxygen atoms in total. The third-order valence-electron chi connectivity index (χ3n) is 2.92. The molecular weight excluding hydrogens is 323 g/mol. The Labute approximate surface area is 133 Å². The van der Waals surface area contributed by atoms with Crippen LogP contribution in [0, 0.1) is 0 Å². The number of rotatable bonds is 3. The van der Waals surface area contributed by atoms with Crippen molar-refractivity contribution in [3.63, 3.8) is 0 Å². The van der Waals surface area contributed by atoms with Crippen molar-refractivity contribution in [2.75, 3.05) is 18.4 Å². The van der Waals surface area contributed by atoms with Crippen molar-refractivity contribution < 1.29 is 9.59 Å². The molecule has 1 unspecified atom stereocenters. The number of halogens is 2. The zero-order valence-corrected chi connectivity index (χ0v) is 13.4. The van der Waals surface area contributed by atoms with Crippen LogP contribution in [0.4, 0.5) is 5.13 Å². The van der Waals surface area contributed by atoms with E-state index in [2.05, 4.69) is 10.3 Å². The second-order valence-corrected chi connectivity index (χ2v) is 5.11. The molecule has 0 bridgehead atoms. The van der Waals surface area contributed by atoms with Gasteiger partial charge in [-0.15, -0.1) is 36.2 Å². The number of hydrogen-bond donors (Lipinski definition) is 2. The molecule has 1 atom stereocenters. The number of nitrogens with zero attached hydrogens (tertiary/aromatic N) is 2. The van der Waals surface area contributed by atoms with Gasteiger partial charge in [-0.05, 0) is 12.8 Å². The van der Waals surface area contributed by atoms with Crippen molar-refractivity contribution in [3.8, 4) is 0 Å². The van der Waals surface area contributed by atoms with Crippen molar-refractivity contribution in [1.29, 1.82) is 0 Å². The van der Waals surface area contributed by atoms with E-state index < -0.39 is 0 Å². The molecule has 20 heavy (non-hydrogen) atoms.